The second-order valence-corrected chi connectivity index (χ2v) is 3.44. The summed E-state index contributed by atoms with van der Waals surface area (Å²) in [7, 11) is 0. The Morgan fingerprint density at radius 1 is 1.55 bits per heavy atom. The molecule has 0 spiro atoms. The Balaban J connectivity index is 3.72. The van der Waals surface area contributed by atoms with Crippen LogP contribution in [0.4, 0.5) is 0 Å². The molecule has 0 bridgehead atoms. The highest BCUT2D eigenvalue weighted by atomic mass is 79.9. The number of rotatable bonds is 4. The monoisotopic (exact) mass is 282 g/mol. The fraction of sp³-hybridized carbons (Fsp3) is 0.286. The third-order valence-corrected chi connectivity index (χ3v) is 2.88. The Kier molecular flexibility index (Phi) is 5.50. The van der Waals surface area contributed by atoms with Crippen LogP contribution < -0.4 is 0 Å². The van der Waals surface area contributed by atoms with Gasteiger partial charge in [-0.3, -0.25) is 0 Å². The number of carboxylic acids is 1. The minimum Gasteiger partial charge on any atom is -0.478 e. The number of allylic oxidation sites excluding steroid dienone is 1. The van der Waals surface area contributed by atoms with E-state index in [0.717, 1.165) is 4.48 Å². The van der Waals surface area contributed by atoms with Crippen molar-refractivity contribution in [1.82, 2.24) is 0 Å². The number of carbonyl (C=O) groups is 1. The van der Waals surface area contributed by atoms with E-state index in [1.165, 1.54) is 0 Å². The molecule has 0 rings (SSSR count). The number of hydrogen-bond donors (Lipinski definition) is 1. The van der Waals surface area contributed by atoms with E-state index >= 15 is 0 Å². The van der Waals surface area contributed by atoms with Crippen LogP contribution in [-0.4, -0.2) is 11.1 Å². The van der Waals surface area contributed by atoms with Gasteiger partial charge in [-0.05, 0) is 17.8 Å². The molecule has 0 aliphatic heterocycles. The molecule has 11 heavy (non-hydrogen) atoms. The van der Waals surface area contributed by atoms with Crippen molar-refractivity contribution in [2.75, 3.05) is 0 Å². The molecule has 2 nitrogen and oxygen atoms in total. The van der Waals surface area contributed by atoms with E-state index in [9.17, 15) is 4.79 Å². The van der Waals surface area contributed by atoms with Gasteiger partial charge in [0.25, 0.3) is 0 Å². The molecule has 0 aromatic rings. The summed E-state index contributed by atoms with van der Waals surface area (Å²) in [6.07, 6.45) is 1.13. The van der Waals surface area contributed by atoms with Gasteiger partial charge in [-0.2, -0.15) is 0 Å². The van der Waals surface area contributed by atoms with E-state index in [0.29, 0.717) is 12.8 Å². The van der Waals surface area contributed by atoms with Gasteiger partial charge in [0.1, 0.15) is 0 Å². The number of halogens is 2. The lowest BCUT2D eigenvalue weighted by Gasteiger charge is -1.97. The Labute approximate surface area is 82.2 Å². The molecular formula is C7H8Br2O2. The molecule has 0 fully saturated rings. The van der Waals surface area contributed by atoms with Crippen LogP contribution in [0.1, 0.15) is 12.8 Å². The first kappa shape index (κ1) is 10.9. The third-order valence-electron chi connectivity index (χ3n) is 1.09. The first-order chi connectivity index (χ1) is 5.07. The number of aliphatic carboxylic acids is 1. The maximum absolute atomic E-state index is 10.3. The van der Waals surface area contributed by atoms with Crippen molar-refractivity contribution >= 4 is 37.8 Å². The summed E-state index contributed by atoms with van der Waals surface area (Å²) in [4.78, 5) is 12.0. The van der Waals surface area contributed by atoms with Crippen molar-refractivity contribution in [1.29, 1.82) is 0 Å². The van der Waals surface area contributed by atoms with Crippen molar-refractivity contribution in [2.45, 2.75) is 12.8 Å². The highest BCUT2D eigenvalue weighted by Gasteiger charge is 2.03. The van der Waals surface area contributed by atoms with E-state index in [1.54, 1.807) is 4.99 Å². The molecule has 0 amide bonds. The lowest BCUT2D eigenvalue weighted by Crippen LogP contribution is -1.98. The van der Waals surface area contributed by atoms with Crippen LogP contribution in [-0.2, 0) is 4.79 Å². The van der Waals surface area contributed by atoms with Crippen LogP contribution in [0.25, 0.3) is 0 Å². The van der Waals surface area contributed by atoms with Crippen LogP contribution >= 0.6 is 31.9 Å². The maximum Gasteiger partial charge on any atom is 0.330 e. The van der Waals surface area contributed by atoms with Gasteiger partial charge >= 0.3 is 5.97 Å². The second-order valence-electron chi connectivity index (χ2n) is 1.96. The van der Waals surface area contributed by atoms with Crippen LogP contribution in [0.5, 0.6) is 0 Å². The summed E-state index contributed by atoms with van der Waals surface area (Å²) in [5, 5.41) is 8.42. The van der Waals surface area contributed by atoms with Crippen LogP contribution in [0, 0.1) is 0 Å². The summed E-state index contributed by atoms with van der Waals surface area (Å²) in [6.45, 7) is 3.40. The van der Waals surface area contributed by atoms with Crippen LogP contribution in [0.15, 0.2) is 21.6 Å². The van der Waals surface area contributed by atoms with Crippen LogP contribution in [0.3, 0.4) is 0 Å². The predicted molar refractivity (Wildman–Crippen MR) is 51.9 cm³/mol. The topological polar surface area (TPSA) is 37.3 Å². The normalized spacial score (nSPS) is 11.3. The molecule has 0 aliphatic carbocycles. The van der Waals surface area contributed by atoms with Gasteiger partial charge in [0.15, 0.2) is 0 Å². The average molecular weight is 284 g/mol. The molecule has 0 saturated carbocycles. The van der Waals surface area contributed by atoms with Crippen LogP contribution in [0.2, 0.25) is 0 Å². The fourth-order valence-electron chi connectivity index (χ4n) is 0.432. The van der Waals surface area contributed by atoms with Gasteiger partial charge in [0, 0.05) is 10.1 Å². The molecular weight excluding hydrogens is 276 g/mol. The summed E-state index contributed by atoms with van der Waals surface area (Å²) in [5.74, 6) is -0.931. The smallest absolute Gasteiger partial charge is 0.330 e. The Morgan fingerprint density at radius 3 is 2.45 bits per heavy atom. The Morgan fingerprint density at radius 2 is 2.09 bits per heavy atom. The van der Waals surface area contributed by atoms with E-state index in [-0.39, 0.29) is 5.57 Å². The Bertz CT molecular complexity index is 197. The zero-order valence-corrected chi connectivity index (χ0v) is 8.98. The van der Waals surface area contributed by atoms with Gasteiger partial charge in [-0.25, -0.2) is 4.79 Å². The molecule has 0 aliphatic rings. The van der Waals surface area contributed by atoms with Gasteiger partial charge in [-0.15, -0.1) is 0 Å². The van der Waals surface area contributed by atoms with Crippen molar-refractivity contribution in [3.63, 3.8) is 0 Å². The van der Waals surface area contributed by atoms with Gasteiger partial charge in [-0.1, -0.05) is 38.4 Å². The molecule has 0 unspecified atom stereocenters. The number of carboxylic acid groups (broad SMARTS) is 1. The highest BCUT2D eigenvalue weighted by molar-refractivity contribution is 9.14. The molecule has 0 aromatic heterocycles. The van der Waals surface area contributed by atoms with Gasteiger partial charge < -0.3 is 5.11 Å². The zero-order chi connectivity index (χ0) is 8.85. The van der Waals surface area contributed by atoms with Crippen molar-refractivity contribution < 1.29 is 9.90 Å². The lowest BCUT2D eigenvalue weighted by molar-refractivity contribution is -0.132. The SMILES string of the molecule is C=C(CCC(Br)=CBr)C(=O)O. The molecule has 0 saturated heterocycles. The molecule has 0 heterocycles. The largest absolute Gasteiger partial charge is 0.478 e. The Hall–Kier alpha value is -0.0900. The van der Waals surface area contributed by atoms with E-state index in [2.05, 4.69) is 38.4 Å². The van der Waals surface area contributed by atoms with E-state index in [4.69, 9.17) is 5.11 Å². The molecule has 0 atom stereocenters. The van der Waals surface area contributed by atoms with E-state index in [1.807, 2.05) is 0 Å². The first-order valence-electron chi connectivity index (χ1n) is 2.93. The number of hydrogen-bond acceptors (Lipinski definition) is 1. The minimum absolute atomic E-state index is 0.233. The molecule has 4 heteroatoms. The standard InChI is InChI=1S/C7H8Br2O2/c1-5(7(10)11)2-3-6(9)4-8/h4H,1-3H2,(H,10,11). The van der Waals surface area contributed by atoms with Crippen molar-refractivity contribution in [2.24, 2.45) is 0 Å². The lowest BCUT2D eigenvalue weighted by atomic mass is 10.2. The minimum atomic E-state index is -0.931. The fourth-order valence-corrected chi connectivity index (χ4v) is 0.859. The molecule has 0 aromatic carbocycles. The molecule has 0 radical (unpaired) electrons. The summed E-state index contributed by atoms with van der Waals surface area (Å²) in [5.41, 5.74) is 0.233. The van der Waals surface area contributed by atoms with Gasteiger partial charge in [0.2, 0.25) is 0 Å². The zero-order valence-electron chi connectivity index (χ0n) is 5.81. The predicted octanol–water partition coefficient (Wildman–Crippen LogP) is 3.04. The maximum atomic E-state index is 10.3. The third kappa shape index (κ3) is 5.21. The quantitative estimate of drug-likeness (QED) is 0.806. The highest BCUT2D eigenvalue weighted by Crippen LogP contribution is 2.17. The first-order valence-corrected chi connectivity index (χ1v) is 4.64. The van der Waals surface area contributed by atoms with Crippen molar-refractivity contribution in [3.05, 3.63) is 21.6 Å². The van der Waals surface area contributed by atoms with E-state index < -0.39 is 5.97 Å². The summed E-state index contributed by atoms with van der Waals surface area (Å²) < 4.78 is 0.930. The molecule has 1 N–H and O–H groups in total. The summed E-state index contributed by atoms with van der Waals surface area (Å²) in [6, 6.07) is 0. The second kappa shape index (κ2) is 5.55. The summed E-state index contributed by atoms with van der Waals surface area (Å²) >= 11 is 6.35. The van der Waals surface area contributed by atoms with Gasteiger partial charge in [0.05, 0.1) is 0 Å². The molecule has 62 valence electrons. The van der Waals surface area contributed by atoms with Crippen molar-refractivity contribution in [3.8, 4) is 0 Å². The average Bonchev–Trinajstić information content (AvgIpc) is 1.99.